The molecule has 0 saturated heterocycles. The third-order valence-corrected chi connectivity index (χ3v) is 3.58. The van der Waals surface area contributed by atoms with Crippen LogP contribution in [0.2, 0.25) is 0 Å². The van der Waals surface area contributed by atoms with Crippen molar-refractivity contribution in [2.24, 2.45) is 0 Å². The minimum absolute atomic E-state index is 0.136. The van der Waals surface area contributed by atoms with Crippen LogP contribution in [0.25, 0.3) is 0 Å². The molecule has 8 heteroatoms. The molecule has 1 atom stereocenters. The lowest BCUT2D eigenvalue weighted by Gasteiger charge is -2.17. The molecule has 2 N–H and O–H groups in total. The van der Waals surface area contributed by atoms with Crippen LogP contribution in [0.1, 0.15) is 26.3 Å². The number of carbonyl (C=O) groups is 4. The lowest BCUT2D eigenvalue weighted by Crippen LogP contribution is -2.48. The third-order valence-electron chi connectivity index (χ3n) is 3.58. The van der Waals surface area contributed by atoms with E-state index in [1.54, 1.807) is 19.1 Å². The summed E-state index contributed by atoms with van der Waals surface area (Å²) in [7, 11) is 0. The van der Waals surface area contributed by atoms with E-state index < -0.39 is 36.3 Å². The van der Waals surface area contributed by atoms with Gasteiger partial charge in [-0.2, -0.15) is 0 Å². The highest BCUT2D eigenvalue weighted by molar-refractivity contribution is 6.22. The van der Waals surface area contributed by atoms with E-state index >= 15 is 0 Å². The Bertz CT molecular complexity index is 743. The van der Waals surface area contributed by atoms with Crippen molar-refractivity contribution < 1.29 is 29.0 Å². The largest absolute Gasteiger partial charge is 0.480 e. The second kappa shape index (κ2) is 7.71. The van der Waals surface area contributed by atoms with Crippen molar-refractivity contribution in [2.45, 2.75) is 13.0 Å². The van der Waals surface area contributed by atoms with E-state index in [9.17, 15) is 19.2 Å². The van der Waals surface area contributed by atoms with Gasteiger partial charge in [-0.1, -0.05) is 17.7 Å². The number of fused-ring (bicyclic) bond motifs is 1. The summed E-state index contributed by atoms with van der Waals surface area (Å²) in [5.41, 5.74) is 1.28. The SMILES string of the molecule is C=CCOCC(NC(=O)CN1C(=O)c2ccc(C)cc2C1=O)C(=O)O. The number of hydrogen-bond acceptors (Lipinski definition) is 5. The molecule has 3 amide bonds. The van der Waals surface area contributed by atoms with Gasteiger partial charge in [0.15, 0.2) is 6.04 Å². The minimum atomic E-state index is -1.29. The summed E-state index contributed by atoms with van der Waals surface area (Å²) in [5, 5.41) is 11.3. The minimum Gasteiger partial charge on any atom is -0.480 e. The van der Waals surface area contributed by atoms with Gasteiger partial charge in [-0.15, -0.1) is 6.58 Å². The van der Waals surface area contributed by atoms with Crippen LogP contribution in [-0.4, -0.2) is 59.5 Å². The molecule has 25 heavy (non-hydrogen) atoms. The fourth-order valence-corrected chi connectivity index (χ4v) is 2.38. The van der Waals surface area contributed by atoms with Crippen molar-refractivity contribution >= 4 is 23.7 Å². The molecule has 8 nitrogen and oxygen atoms in total. The monoisotopic (exact) mass is 346 g/mol. The summed E-state index contributed by atoms with van der Waals surface area (Å²) < 4.78 is 5.02. The Balaban J connectivity index is 2.03. The highest BCUT2D eigenvalue weighted by Gasteiger charge is 2.37. The van der Waals surface area contributed by atoms with E-state index in [1.165, 1.54) is 12.1 Å². The van der Waals surface area contributed by atoms with Crippen molar-refractivity contribution in [2.75, 3.05) is 19.8 Å². The molecule has 0 bridgehead atoms. The molecule has 1 unspecified atom stereocenters. The van der Waals surface area contributed by atoms with Crippen LogP contribution in [0.4, 0.5) is 0 Å². The summed E-state index contributed by atoms with van der Waals surface area (Å²) in [6.45, 7) is 4.54. The van der Waals surface area contributed by atoms with Gasteiger partial charge >= 0.3 is 5.97 Å². The van der Waals surface area contributed by atoms with Gasteiger partial charge in [-0.05, 0) is 19.1 Å². The standard InChI is InChI=1S/C17H18N2O6/c1-3-6-25-9-13(17(23)24)18-14(20)8-19-15(21)11-5-4-10(2)7-12(11)16(19)22/h3-5,7,13H,1,6,8-9H2,2H3,(H,18,20)(H,23,24). The van der Waals surface area contributed by atoms with Gasteiger partial charge in [0.1, 0.15) is 6.54 Å². The summed E-state index contributed by atoms with van der Waals surface area (Å²) in [6, 6.07) is 3.53. The van der Waals surface area contributed by atoms with E-state index in [0.29, 0.717) is 0 Å². The maximum absolute atomic E-state index is 12.3. The normalized spacial score (nSPS) is 14.2. The third kappa shape index (κ3) is 4.10. The van der Waals surface area contributed by atoms with E-state index in [4.69, 9.17) is 9.84 Å². The molecule has 1 aliphatic rings. The smallest absolute Gasteiger partial charge is 0.328 e. The summed E-state index contributed by atoms with van der Waals surface area (Å²) in [5.74, 6) is -3.20. The second-order valence-corrected chi connectivity index (χ2v) is 5.53. The maximum atomic E-state index is 12.3. The molecule has 0 aromatic heterocycles. The number of aryl methyl sites for hydroxylation is 1. The first-order valence-corrected chi connectivity index (χ1v) is 7.52. The first kappa shape index (κ1) is 18.3. The van der Waals surface area contributed by atoms with Crippen LogP contribution in [0.5, 0.6) is 0 Å². The van der Waals surface area contributed by atoms with Gasteiger partial charge in [0.05, 0.1) is 24.3 Å². The van der Waals surface area contributed by atoms with E-state index in [1.807, 2.05) is 0 Å². The van der Waals surface area contributed by atoms with Crippen molar-refractivity contribution in [3.05, 3.63) is 47.5 Å². The zero-order chi connectivity index (χ0) is 18.6. The molecule has 1 aromatic carbocycles. The highest BCUT2D eigenvalue weighted by Crippen LogP contribution is 2.23. The second-order valence-electron chi connectivity index (χ2n) is 5.53. The summed E-state index contributed by atoms with van der Waals surface area (Å²) >= 11 is 0. The number of carbonyl (C=O) groups excluding carboxylic acids is 3. The number of hydrogen-bond donors (Lipinski definition) is 2. The van der Waals surface area contributed by atoms with Crippen LogP contribution in [0.3, 0.4) is 0 Å². The molecule has 0 fully saturated rings. The summed E-state index contributed by atoms with van der Waals surface area (Å²) in [6.07, 6.45) is 1.45. The van der Waals surface area contributed by atoms with Gasteiger partial charge in [0, 0.05) is 0 Å². The Hall–Kier alpha value is -3.00. The molecule has 0 saturated carbocycles. The van der Waals surface area contributed by atoms with Gasteiger partial charge in [0.25, 0.3) is 11.8 Å². The molecule has 0 aliphatic carbocycles. The quantitative estimate of drug-likeness (QED) is 0.399. The van der Waals surface area contributed by atoms with E-state index in [2.05, 4.69) is 11.9 Å². The van der Waals surface area contributed by atoms with Gasteiger partial charge < -0.3 is 15.2 Å². The van der Waals surface area contributed by atoms with Gasteiger partial charge in [0.2, 0.25) is 5.91 Å². The lowest BCUT2D eigenvalue weighted by molar-refractivity contribution is -0.143. The molecule has 0 radical (unpaired) electrons. The van der Waals surface area contributed by atoms with Crippen molar-refractivity contribution in [1.29, 1.82) is 0 Å². The fraction of sp³-hybridized carbons (Fsp3) is 0.294. The molecule has 0 spiro atoms. The Morgan fingerprint density at radius 1 is 1.32 bits per heavy atom. The number of imide groups is 1. The van der Waals surface area contributed by atoms with Crippen LogP contribution in [0, 0.1) is 6.92 Å². The fourth-order valence-electron chi connectivity index (χ4n) is 2.38. The predicted molar refractivity (Wildman–Crippen MR) is 87.1 cm³/mol. The van der Waals surface area contributed by atoms with Crippen molar-refractivity contribution in [3.63, 3.8) is 0 Å². The number of nitrogens with one attached hydrogen (secondary N) is 1. The van der Waals surface area contributed by atoms with Crippen LogP contribution in [0.15, 0.2) is 30.9 Å². The zero-order valence-electron chi connectivity index (χ0n) is 13.7. The molecular weight excluding hydrogens is 328 g/mol. The average molecular weight is 346 g/mol. The van der Waals surface area contributed by atoms with Crippen LogP contribution >= 0.6 is 0 Å². The van der Waals surface area contributed by atoms with Crippen LogP contribution in [-0.2, 0) is 14.3 Å². The Morgan fingerprint density at radius 3 is 2.64 bits per heavy atom. The summed E-state index contributed by atoms with van der Waals surface area (Å²) in [4.78, 5) is 48.6. The zero-order valence-corrected chi connectivity index (χ0v) is 13.7. The van der Waals surface area contributed by atoms with E-state index in [0.717, 1.165) is 10.5 Å². The van der Waals surface area contributed by atoms with E-state index in [-0.39, 0.29) is 24.3 Å². The molecule has 1 aliphatic heterocycles. The maximum Gasteiger partial charge on any atom is 0.328 e. The first-order valence-electron chi connectivity index (χ1n) is 7.52. The molecular formula is C17H18N2O6. The van der Waals surface area contributed by atoms with Crippen molar-refractivity contribution in [1.82, 2.24) is 10.2 Å². The number of carboxylic acids is 1. The highest BCUT2D eigenvalue weighted by atomic mass is 16.5. The average Bonchev–Trinajstić information content (AvgIpc) is 2.78. The number of rotatable bonds is 8. The molecule has 1 aromatic rings. The number of benzene rings is 1. The molecule has 2 rings (SSSR count). The van der Waals surface area contributed by atoms with Crippen LogP contribution < -0.4 is 5.32 Å². The lowest BCUT2D eigenvalue weighted by atomic mass is 10.1. The Labute approximate surface area is 144 Å². The Morgan fingerprint density at radius 2 is 2.00 bits per heavy atom. The Kier molecular flexibility index (Phi) is 5.66. The first-order chi connectivity index (χ1) is 11.8. The number of amides is 3. The topological polar surface area (TPSA) is 113 Å². The number of aliphatic carboxylic acids is 1. The number of carboxylic acid groups (broad SMARTS) is 1. The predicted octanol–water partition coefficient (Wildman–Crippen LogP) is 0.363. The molecule has 1 heterocycles. The molecule has 132 valence electrons. The number of nitrogens with zero attached hydrogens (tertiary/aromatic N) is 1. The van der Waals surface area contributed by atoms with Crippen molar-refractivity contribution in [3.8, 4) is 0 Å². The van der Waals surface area contributed by atoms with Gasteiger partial charge in [-0.3, -0.25) is 19.3 Å². The number of ether oxygens (including phenoxy) is 1. The van der Waals surface area contributed by atoms with Gasteiger partial charge in [-0.25, -0.2) is 4.79 Å².